The van der Waals surface area contributed by atoms with Crippen molar-refractivity contribution >= 4 is 19.1 Å². The fourth-order valence-corrected chi connectivity index (χ4v) is 6.66. The molecule has 218 valence electrons. The lowest BCUT2D eigenvalue weighted by Crippen LogP contribution is -2.58. The lowest BCUT2D eigenvalue weighted by molar-refractivity contribution is -0.142. The van der Waals surface area contributed by atoms with E-state index in [2.05, 4.69) is 44.0 Å². The van der Waals surface area contributed by atoms with Gasteiger partial charge in [-0.05, 0) is 71.8 Å². The highest BCUT2D eigenvalue weighted by Gasteiger charge is 2.56. The van der Waals surface area contributed by atoms with Crippen LogP contribution in [-0.4, -0.2) is 93.9 Å². The molecule has 1 unspecified atom stereocenters. The zero-order valence-electron chi connectivity index (χ0n) is 24.1. The normalized spacial score (nSPS) is 25.6. The van der Waals surface area contributed by atoms with Gasteiger partial charge in [0.2, 0.25) is 5.91 Å². The topological polar surface area (TPSA) is 135 Å². The number of hydrogen-bond acceptors (Lipinski definition) is 8. The van der Waals surface area contributed by atoms with Crippen molar-refractivity contribution in [2.75, 3.05) is 26.3 Å². The molecule has 3 fully saturated rings. The average Bonchev–Trinajstić information content (AvgIpc) is 3.45. The van der Waals surface area contributed by atoms with E-state index >= 15 is 0 Å². The summed E-state index contributed by atoms with van der Waals surface area (Å²) in [5.74, 6) is -1.95. The van der Waals surface area contributed by atoms with Crippen molar-refractivity contribution in [1.82, 2.24) is 15.1 Å². The van der Waals surface area contributed by atoms with Crippen molar-refractivity contribution in [3.63, 3.8) is 0 Å². The summed E-state index contributed by atoms with van der Waals surface area (Å²) in [5, 5.41) is 32.3. The molecule has 0 aliphatic carbocycles. The molecular formula is C29H43BN4O6. The third-order valence-corrected chi connectivity index (χ3v) is 8.87. The maximum atomic E-state index is 13.9. The molecule has 11 heteroatoms. The van der Waals surface area contributed by atoms with Gasteiger partial charge in [0.1, 0.15) is 12.5 Å². The molecule has 3 aliphatic rings. The summed E-state index contributed by atoms with van der Waals surface area (Å²) in [4.78, 5) is 30.7. The Bertz CT molecular complexity index is 1080. The highest BCUT2D eigenvalue weighted by molar-refractivity contribution is 6.43. The van der Waals surface area contributed by atoms with Crippen molar-refractivity contribution < 1.29 is 29.1 Å². The number of nitrogens with one attached hydrogen (secondary N) is 1. The van der Waals surface area contributed by atoms with Crippen LogP contribution in [-0.2, 0) is 20.7 Å². The van der Waals surface area contributed by atoms with Gasteiger partial charge in [-0.15, -0.1) is 0 Å². The molecule has 2 amide bonds. The number of morpholine rings is 1. The number of benzene rings is 1. The minimum absolute atomic E-state index is 0.000150. The van der Waals surface area contributed by atoms with Crippen LogP contribution in [0, 0.1) is 17.2 Å². The van der Waals surface area contributed by atoms with Crippen LogP contribution in [0.4, 0.5) is 4.79 Å². The predicted molar refractivity (Wildman–Crippen MR) is 150 cm³/mol. The first-order valence-electron chi connectivity index (χ1n) is 14.3. The van der Waals surface area contributed by atoms with E-state index in [9.17, 15) is 24.9 Å². The second-order valence-electron chi connectivity index (χ2n) is 12.8. The van der Waals surface area contributed by atoms with Crippen molar-refractivity contribution in [3.8, 4) is 6.07 Å². The molecule has 0 saturated carbocycles. The van der Waals surface area contributed by atoms with E-state index in [4.69, 9.17) is 9.47 Å². The maximum absolute atomic E-state index is 13.9. The van der Waals surface area contributed by atoms with Gasteiger partial charge in [0.25, 0.3) is 0 Å². The van der Waals surface area contributed by atoms with Gasteiger partial charge in [0.05, 0.1) is 29.8 Å². The molecule has 1 aromatic carbocycles. The van der Waals surface area contributed by atoms with E-state index < -0.39 is 30.6 Å². The van der Waals surface area contributed by atoms with Crippen LogP contribution in [0.25, 0.3) is 0 Å². The molecule has 2 bridgehead atoms. The highest BCUT2D eigenvalue weighted by atomic mass is 16.6. The monoisotopic (exact) mass is 554 g/mol. The minimum atomic E-state index is -1.76. The molecule has 4 rings (SSSR count). The molecule has 3 heterocycles. The Morgan fingerprint density at radius 1 is 1.25 bits per heavy atom. The average molecular weight is 554 g/mol. The van der Waals surface area contributed by atoms with Crippen molar-refractivity contribution in [2.24, 2.45) is 5.92 Å². The van der Waals surface area contributed by atoms with Gasteiger partial charge in [-0.25, -0.2) is 4.79 Å². The first-order chi connectivity index (χ1) is 18.9. The summed E-state index contributed by atoms with van der Waals surface area (Å²) in [6, 6.07) is 11.5. The van der Waals surface area contributed by atoms with Crippen molar-refractivity contribution in [1.29, 1.82) is 5.26 Å². The molecule has 40 heavy (non-hydrogen) atoms. The molecule has 2 atom stereocenters. The quantitative estimate of drug-likeness (QED) is 0.375. The van der Waals surface area contributed by atoms with Crippen molar-refractivity contribution in [2.45, 2.75) is 94.9 Å². The number of nitriles is 1. The summed E-state index contributed by atoms with van der Waals surface area (Å²) in [6.45, 7) is 10.3. The van der Waals surface area contributed by atoms with Crippen LogP contribution in [0.15, 0.2) is 30.3 Å². The van der Waals surface area contributed by atoms with Crippen LogP contribution in [0.5, 0.6) is 0 Å². The molecule has 1 aromatic rings. The van der Waals surface area contributed by atoms with E-state index in [0.29, 0.717) is 25.9 Å². The lowest BCUT2D eigenvalue weighted by Gasteiger charge is -2.47. The number of nitrogens with zero attached hydrogens (tertiary/aromatic N) is 3. The van der Waals surface area contributed by atoms with E-state index in [1.165, 1.54) is 0 Å². The van der Waals surface area contributed by atoms with Gasteiger partial charge < -0.3 is 29.7 Å². The lowest BCUT2D eigenvalue weighted by atomic mass is 9.76. The van der Waals surface area contributed by atoms with Crippen LogP contribution in [0.2, 0.25) is 0 Å². The van der Waals surface area contributed by atoms with Gasteiger partial charge in [0, 0.05) is 24.7 Å². The molecule has 3 aliphatic heterocycles. The van der Waals surface area contributed by atoms with E-state index in [0.717, 1.165) is 31.5 Å². The van der Waals surface area contributed by atoms with Gasteiger partial charge in [-0.2, -0.15) is 5.26 Å². The predicted octanol–water partition coefficient (Wildman–Crippen LogP) is 2.28. The Hall–Kier alpha value is -2.65. The van der Waals surface area contributed by atoms with Crippen LogP contribution in [0.1, 0.15) is 65.4 Å². The summed E-state index contributed by atoms with van der Waals surface area (Å²) >= 11 is 0. The number of rotatable bonds is 10. The first kappa shape index (κ1) is 30.3. The van der Waals surface area contributed by atoms with Crippen LogP contribution < -0.4 is 5.32 Å². The summed E-state index contributed by atoms with van der Waals surface area (Å²) in [6.07, 6.45) is 2.88. The smallest absolute Gasteiger partial charge is 0.447 e. The Balaban J connectivity index is 1.39. The molecule has 3 saturated heterocycles. The number of carbonyl (C=O) groups is 2. The zero-order valence-corrected chi connectivity index (χ0v) is 24.1. The fourth-order valence-electron chi connectivity index (χ4n) is 6.66. The third kappa shape index (κ3) is 6.80. The van der Waals surface area contributed by atoms with Gasteiger partial charge in [-0.3, -0.25) is 9.69 Å². The Morgan fingerprint density at radius 2 is 1.93 bits per heavy atom. The van der Waals surface area contributed by atoms with Gasteiger partial charge in [0.15, 0.2) is 0 Å². The van der Waals surface area contributed by atoms with Gasteiger partial charge >= 0.3 is 13.2 Å². The SMILES string of the molecule is CC1(C)CN(C(C)(C)CC(C#N)C(=O)N2C3CCC2(COC(=O)N[C@@H](Cc2ccccc2)B(O)O)CC3)CCO1. The summed E-state index contributed by atoms with van der Waals surface area (Å²) < 4.78 is 11.5. The molecule has 10 nitrogen and oxygen atoms in total. The largest absolute Gasteiger partial charge is 0.475 e. The standard InChI is InChI=1S/C29H43BN4O6/c1-27(2,33-14-15-40-28(3,4)19-33)17-22(18-31)25(35)34-23-10-12-29(34,13-11-23)20-39-26(36)32-24(30(37)38)16-21-8-6-5-7-9-21/h5-9,22-24,37-38H,10-17,19-20H2,1-4H3,(H,32,36)/t22?,23?,24-,29?/m0/s1. The molecular weight excluding hydrogens is 511 g/mol. The van der Waals surface area contributed by atoms with E-state index in [1.807, 2.05) is 35.2 Å². The number of alkyl carbamates (subject to hydrolysis) is 1. The molecule has 3 N–H and O–H groups in total. The Morgan fingerprint density at radius 3 is 2.52 bits per heavy atom. The second-order valence-corrected chi connectivity index (χ2v) is 12.8. The third-order valence-electron chi connectivity index (χ3n) is 8.87. The summed E-state index contributed by atoms with van der Waals surface area (Å²) in [7, 11) is -1.76. The number of amides is 2. The Kier molecular flexibility index (Phi) is 9.15. The number of hydrogen-bond donors (Lipinski definition) is 3. The molecule has 0 radical (unpaired) electrons. The number of fused-ring (bicyclic) bond motifs is 2. The zero-order chi connectivity index (χ0) is 29.1. The highest BCUT2D eigenvalue weighted by Crippen LogP contribution is 2.48. The maximum Gasteiger partial charge on any atom is 0.475 e. The number of ether oxygens (including phenoxy) is 2. The van der Waals surface area contributed by atoms with E-state index in [-0.39, 0.29) is 36.1 Å². The minimum Gasteiger partial charge on any atom is -0.447 e. The van der Waals surface area contributed by atoms with Crippen LogP contribution in [0.3, 0.4) is 0 Å². The number of carbonyl (C=O) groups excluding carboxylic acids is 2. The second kappa shape index (κ2) is 12.1. The van der Waals surface area contributed by atoms with Crippen molar-refractivity contribution in [3.05, 3.63) is 35.9 Å². The first-order valence-corrected chi connectivity index (χ1v) is 14.3. The molecule has 0 spiro atoms. The van der Waals surface area contributed by atoms with Crippen LogP contribution >= 0.6 is 0 Å². The fraction of sp³-hybridized carbons (Fsp3) is 0.690. The molecule has 0 aromatic heterocycles. The Labute approximate surface area is 237 Å². The van der Waals surface area contributed by atoms with E-state index in [1.54, 1.807) is 0 Å². The van der Waals surface area contributed by atoms with Gasteiger partial charge in [-0.1, -0.05) is 30.3 Å². The summed E-state index contributed by atoms with van der Waals surface area (Å²) in [5.41, 5.74) is -0.467.